The van der Waals surface area contributed by atoms with E-state index < -0.39 is 0 Å². The molecule has 1 atom stereocenters. The van der Waals surface area contributed by atoms with Gasteiger partial charge in [0.15, 0.2) is 0 Å². The summed E-state index contributed by atoms with van der Waals surface area (Å²) in [4.78, 5) is 16.7. The SMILES string of the molecule is CN1c2cc(Cl)ccc2OCC1CC(=O)N1CCCCCC1. The number of benzene rings is 1. The summed E-state index contributed by atoms with van der Waals surface area (Å²) in [6, 6.07) is 5.69. The van der Waals surface area contributed by atoms with Crippen LogP contribution in [-0.4, -0.2) is 43.6 Å². The number of likely N-dealkylation sites (N-methyl/N-ethyl adjacent to an activating group) is 1. The molecule has 22 heavy (non-hydrogen) atoms. The van der Waals surface area contributed by atoms with Crippen molar-refractivity contribution >= 4 is 23.2 Å². The second-order valence-electron chi connectivity index (χ2n) is 6.19. The van der Waals surface area contributed by atoms with Gasteiger partial charge in [-0.15, -0.1) is 0 Å². The maximum atomic E-state index is 12.6. The van der Waals surface area contributed by atoms with Gasteiger partial charge in [0, 0.05) is 25.2 Å². The van der Waals surface area contributed by atoms with Gasteiger partial charge in [-0.1, -0.05) is 24.4 Å². The Morgan fingerprint density at radius 2 is 2.00 bits per heavy atom. The third-order valence-corrected chi connectivity index (χ3v) is 4.88. The van der Waals surface area contributed by atoms with Crippen LogP contribution >= 0.6 is 11.6 Å². The van der Waals surface area contributed by atoms with E-state index in [4.69, 9.17) is 16.3 Å². The summed E-state index contributed by atoms with van der Waals surface area (Å²) in [6.07, 6.45) is 5.23. The number of halogens is 1. The predicted octanol–water partition coefficient (Wildman–Crippen LogP) is 3.33. The summed E-state index contributed by atoms with van der Waals surface area (Å²) in [7, 11) is 2.01. The lowest BCUT2D eigenvalue weighted by molar-refractivity contribution is -0.131. The van der Waals surface area contributed by atoms with Crippen molar-refractivity contribution in [1.29, 1.82) is 0 Å². The van der Waals surface area contributed by atoms with Crippen LogP contribution < -0.4 is 9.64 Å². The summed E-state index contributed by atoms with van der Waals surface area (Å²) < 4.78 is 5.80. The van der Waals surface area contributed by atoms with Crippen LogP contribution in [0.4, 0.5) is 5.69 Å². The van der Waals surface area contributed by atoms with Crippen LogP contribution in [0, 0.1) is 0 Å². The largest absolute Gasteiger partial charge is 0.489 e. The molecule has 2 aliphatic rings. The van der Waals surface area contributed by atoms with Gasteiger partial charge in [-0.05, 0) is 31.0 Å². The van der Waals surface area contributed by atoms with E-state index in [0.29, 0.717) is 18.1 Å². The van der Waals surface area contributed by atoms with Crippen molar-refractivity contribution in [2.75, 3.05) is 31.6 Å². The third kappa shape index (κ3) is 3.32. The van der Waals surface area contributed by atoms with E-state index in [1.807, 2.05) is 30.1 Å². The Kier molecular flexibility index (Phi) is 4.77. The molecule has 2 aliphatic heterocycles. The van der Waals surface area contributed by atoms with Crippen molar-refractivity contribution in [3.8, 4) is 5.75 Å². The lowest BCUT2D eigenvalue weighted by Gasteiger charge is -2.36. The lowest BCUT2D eigenvalue weighted by Crippen LogP contribution is -2.45. The molecule has 120 valence electrons. The summed E-state index contributed by atoms with van der Waals surface area (Å²) in [5.41, 5.74) is 0.965. The highest BCUT2D eigenvalue weighted by Crippen LogP contribution is 2.35. The average Bonchev–Trinajstić information content (AvgIpc) is 2.80. The van der Waals surface area contributed by atoms with Crippen LogP contribution in [0.25, 0.3) is 0 Å². The fourth-order valence-corrected chi connectivity index (χ4v) is 3.40. The monoisotopic (exact) mass is 322 g/mol. The summed E-state index contributed by atoms with van der Waals surface area (Å²) in [5, 5.41) is 0.689. The first kappa shape index (κ1) is 15.5. The van der Waals surface area contributed by atoms with Crippen LogP contribution in [-0.2, 0) is 4.79 Å². The highest BCUT2D eigenvalue weighted by Gasteiger charge is 2.28. The van der Waals surface area contributed by atoms with E-state index >= 15 is 0 Å². The maximum Gasteiger partial charge on any atom is 0.224 e. The zero-order chi connectivity index (χ0) is 15.5. The van der Waals surface area contributed by atoms with E-state index in [-0.39, 0.29) is 11.9 Å². The second-order valence-corrected chi connectivity index (χ2v) is 6.62. The van der Waals surface area contributed by atoms with Gasteiger partial charge in [0.05, 0.1) is 18.2 Å². The third-order valence-electron chi connectivity index (χ3n) is 4.65. The normalized spacial score (nSPS) is 21.8. The average molecular weight is 323 g/mol. The summed E-state index contributed by atoms with van der Waals surface area (Å²) >= 11 is 6.08. The van der Waals surface area contributed by atoms with Crippen LogP contribution in [0.1, 0.15) is 32.1 Å². The fraction of sp³-hybridized carbons (Fsp3) is 0.588. The van der Waals surface area contributed by atoms with Gasteiger partial charge in [-0.2, -0.15) is 0 Å². The minimum atomic E-state index is 0.0710. The van der Waals surface area contributed by atoms with Crippen LogP contribution in [0.2, 0.25) is 5.02 Å². The number of amides is 1. The molecule has 2 heterocycles. The Morgan fingerprint density at radius 3 is 2.73 bits per heavy atom. The molecule has 5 heteroatoms. The molecule has 4 nitrogen and oxygen atoms in total. The van der Waals surface area contributed by atoms with Crippen molar-refractivity contribution in [2.45, 2.75) is 38.1 Å². The number of anilines is 1. The Morgan fingerprint density at radius 1 is 1.27 bits per heavy atom. The van der Waals surface area contributed by atoms with Crippen molar-refractivity contribution in [2.24, 2.45) is 0 Å². The highest BCUT2D eigenvalue weighted by atomic mass is 35.5. The number of carbonyl (C=O) groups excluding carboxylic acids is 1. The molecule has 1 fully saturated rings. The summed E-state index contributed by atoms with van der Waals surface area (Å²) in [5.74, 6) is 1.08. The number of hydrogen-bond acceptors (Lipinski definition) is 3. The van der Waals surface area contributed by atoms with Crippen molar-refractivity contribution in [1.82, 2.24) is 4.90 Å². The number of carbonyl (C=O) groups is 1. The lowest BCUT2D eigenvalue weighted by atomic mass is 10.1. The molecule has 1 aromatic rings. The molecule has 1 amide bonds. The second kappa shape index (κ2) is 6.78. The Balaban J connectivity index is 1.67. The van der Waals surface area contributed by atoms with Gasteiger partial charge >= 0.3 is 0 Å². The smallest absolute Gasteiger partial charge is 0.224 e. The van der Waals surface area contributed by atoms with E-state index in [1.54, 1.807) is 0 Å². The maximum absolute atomic E-state index is 12.6. The van der Waals surface area contributed by atoms with Crippen molar-refractivity contribution in [3.05, 3.63) is 23.2 Å². The van der Waals surface area contributed by atoms with Crippen molar-refractivity contribution in [3.63, 3.8) is 0 Å². The standard InChI is InChI=1S/C17H23ClN2O2/c1-19-14(11-17(21)20-8-4-2-3-5-9-20)12-22-16-7-6-13(18)10-15(16)19/h6-7,10,14H,2-5,8-9,11-12H2,1H3. The van der Waals surface area contributed by atoms with E-state index in [0.717, 1.165) is 37.4 Å². The van der Waals surface area contributed by atoms with Gasteiger partial charge in [0.2, 0.25) is 5.91 Å². The van der Waals surface area contributed by atoms with Crippen molar-refractivity contribution < 1.29 is 9.53 Å². The predicted molar refractivity (Wildman–Crippen MR) is 88.8 cm³/mol. The fourth-order valence-electron chi connectivity index (χ4n) is 3.23. The molecular formula is C17H23ClN2O2. The Hall–Kier alpha value is -1.42. The molecule has 1 saturated heterocycles. The molecule has 0 bridgehead atoms. The van der Waals surface area contributed by atoms with Gasteiger partial charge in [-0.3, -0.25) is 4.79 Å². The number of fused-ring (bicyclic) bond motifs is 1. The molecule has 0 spiro atoms. The zero-order valence-electron chi connectivity index (χ0n) is 13.1. The summed E-state index contributed by atoms with van der Waals surface area (Å²) in [6.45, 7) is 2.35. The number of rotatable bonds is 2. The molecule has 1 aromatic carbocycles. The highest BCUT2D eigenvalue weighted by molar-refractivity contribution is 6.31. The van der Waals surface area contributed by atoms with E-state index in [2.05, 4.69) is 4.90 Å². The van der Waals surface area contributed by atoms with Crippen LogP contribution in [0.5, 0.6) is 5.75 Å². The molecule has 0 saturated carbocycles. The number of likely N-dealkylation sites (tertiary alicyclic amines) is 1. The zero-order valence-corrected chi connectivity index (χ0v) is 13.8. The van der Waals surface area contributed by atoms with Crippen LogP contribution in [0.15, 0.2) is 18.2 Å². The molecule has 0 N–H and O–H groups in total. The van der Waals surface area contributed by atoms with Gasteiger partial charge < -0.3 is 14.5 Å². The number of ether oxygens (including phenoxy) is 1. The quantitative estimate of drug-likeness (QED) is 0.837. The Bertz CT molecular complexity index is 541. The first-order chi connectivity index (χ1) is 10.6. The van der Waals surface area contributed by atoms with Crippen LogP contribution in [0.3, 0.4) is 0 Å². The Labute approximate surface area is 137 Å². The minimum absolute atomic E-state index is 0.0710. The first-order valence-electron chi connectivity index (χ1n) is 8.08. The van der Waals surface area contributed by atoms with Gasteiger partial charge in [-0.25, -0.2) is 0 Å². The molecular weight excluding hydrogens is 300 g/mol. The molecule has 1 unspecified atom stereocenters. The van der Waals surface area contributed by atoms with E-state index in [1.165, 1.54) is 12.8 Å². The van der Waals surface area contributed by atoms with E-state index in [9.17, 15) is 4.79 Å². The topological polar surface area (TPSA) is 32.8 Å². The number of nitrogens with zero attached hydrogens (tertiary/aromatic N) is 2. The molecule has 0 aromatic heterocycles. The molecule has 0 radical (unpaired) electrons. The van der Waals surface area contributed by atoms with Gasteiger partial charge in [0.25, 0.3) is 0 Å². The van der Waals surface area contributed by atoms with Gasteiger partial charge in [0.1, 0.15) is 12.4 Å². The number of hydrogen-bond donors (Lipinski definition) is 0. The minimum Gasteiger partial charge on any atom is -0.489 e. The molecule has 3 rings (SSSR count). The first-order valence-corrected chi connectivity index (χ1v) is 8.46. The molecule has 0 aliphatic carbocycles.